The minimum Gasteiger partial charge on any atom is -0.408 e. The lowest BCUT2D eigenvalue weighted by Crippen LogP contribution is -2.30. The minimum atomic E-state index is -0.441. The van der Waals surface area contributed by atoms with Crippen molar-refractivity contribution in [2.24, 2.45) is 0 Å². The highest BCUT2D eigenvalue weighted by Crippen LogP contribution is 2.25. The summed E-state index contributed by atoms with van der Waals surface area (Å²) in [5.74, 6) is 0.367. The molecule has 1 amide bonds. The van der Waals surface area contributed by atoms with Gasteiger partial charge >= 0.3 is 6.09 Å². The number of carbonyl (C=O) groups excluding carboxylic acids is 1. The van der Waals surface area contributed by atoms with E-state index in [1.54, 1.807) is 30.5 Å². The zero-order valence-electron chi connectivity index (χ0n) is 10.6. The molecule has 0 radical (unpaired) electrons. The summed E-state index contributed by atoms with van der Waals surface area (Å²) in [6.45, 7) is 0.496. The molecule has 2 aromatic carbocycles. The number of fused-ring (bicyclic) bond motifs is 1. The molecule has 0 saturated carbocycles. The molecule has 0 aliphatic carbocycles. The summed E-state index contributed by atoms with van der Waals surface area (Å²) in [5, 5.41) is 0.419. The quantitative estimate of drug-likeness (QED) is 0.781. The lowest BCUT2D eigenvalue weighted by molar-refractivity contribution is 0.167. The highest BCUT2D eigenvalue weighted by Gasteiger charge is 2.19. The van der Waals surface area contributed by atoms with Gasteiger partial charge in [-0.1, -0.05) is 48.0 Å². The Kier molecular flexibility index (Phi) is 3.44. The molecule has 100 valence electrons. The van der Waals surface area contributed by atoms with Crippen LogP contribution in [0.25, 0.3) is 6.08 Å². The van der Waals surface area contributed by atoms with Crippen LogP contribution in [0, 0.1) is 0 Å². The van der Waals surface area contributed by atoms with Crippen LogP contribution in [0.15, 0.2) is 54.7 Å². The maximum Gasteiger partial charge on any atom is 0.419 e. The number of amides is 1. The molecule has 0 N–H and O–H groups in total. The van der Waals surface area contributed by atoms with Gasteiger partial charge in [0.15, 0.2) is 5.75 Å². The van der Waals surface area contributed by atoms with Gasteiger partial charge in [0.2, 0.25) is 0 Å². The summed E-state index contributed by atoms with van der Waals surface area (Å²) in [4.78, 5) is 13.6. The Bertz CT molecular complexity index is 682. The van der Waals surface area contributed by atoms with Crippen LogP contribution in [0.2, 0.25) is 5.02 Å². The van der Waals surface area contributed by atoms with Crippen LogP contribution in [0.1, 0.15) is 11.1 Å². The van der Waals surface area contributed by atoms with Crippen molar-refractivity contribution in [1.29, 1.82) is 0 Å². The van der Waals surface area contributed by atoms with Gasteiger partial charge in [0.1, 0.15) is 0 Å². The van der Waals surface area contributed by atoms with Crippen molar-refractivity contribution in [3.8, 4) is 5.75 Å². The Morgan fingerprint density at radius 3 is 2.70 bits per heavy atom. The molecule has 0 saturated heterocycles. The number of nitrogens with zero attached hydrogens (tertiary/aromatic N) is 1. The Labute approximate surface area is 122 Å². The number of hydrogen-bond donors (Lipinski definition) is 0. The Morgan fingerprint density at radius 2 is 1.85 bits per heavy atom. The summed E-state index contributed by atoms with van der Waals surface area (Å²) in [6, 6.07) is 14.9. The van der Waals surface area contributed by atoms with E-state index < -0.39 is 6.09 Å². The van der Waals surface area contributed by atoms with Gasteiger partial charge in [-0.05, 0) is 29.3 Å². The van der Waals surface area contributed by atoms with E-state index in [4.69, 9.17) is 16.3 Å². The molecule has 2 aromatic rings. The highest BCUT2D eigenvalue weighted by molar-refractivity contribution is 6.32. The Hall–Kier alpha value is -2.26. The predicted molar refractivity (Wildman–Crippen MR) is 78.5 cm³/mol. The number of ether oxygens (including phenoxy) is 1. The van der Waals surface area contributed by atoms with E-state index in [1.807, 2.05) is 30.3 Å². The highest BCUT2D eigenvalue weighted by atomic mass is 35.5. The van der Waals surface area contributed by atoms with E-state index in [1.165, 1.54) is 4.90 Å². The molecule has 20 heavy (non-hydrogen) atoms. The SMILES string of the molecule is O=C(Oc1ccccc1Cl)N1C=Cc2ccccc2C1. The molecule has 0 aromatic heterocycles. The second-order valence-corrected chi connectivity index (χ2v) is 4.85. The molecule has 4 heteroatoms. The van der Waals surface area contributed by atoms with Gasteiger partial charge in [-0.3, -0.25) is 4.90 Å². The van der Waals surface area contributed by atoms with Gasteiger partial charge in [-0.2, -0.15) is 0 Å². The first-order valence-electron chi connectivity index (χ1n) is 6.23. The second kappa shape index (κ2) is 5.39. The van der Waals surface area contributed by atoms with Crippen LogP contribution in [0.3, 0.4) is 0 Å². The van der Waals surface area contributed by atoms with E-state index in [0.29, 0.717) is 17.3 Å². The monoisotopic (exact) mass is 285 g/mol. The van der Waals surface area contributed by atoms with Gasteiger partial charge in [-0.15, -0.1) is 0 Å². The molecule has 1 heterocycles. The fraction of sp³-hybridized carbons (Fsp3) is 0.0625. The molecular formula is C16H12ClNO2. The van der Waals surface area contributed by atoms with Gasteiger partial charge in [0.05, 0.1) is 11.6 Å². The fourth-order valence-electron chi connectivity index (χ4n) is 2.05. The first-order valence-corrected chi connectivity index (χ1v) is 6.61. The molecule has 3 rings (SSSR count). The Balaban J connectivity index is 1.76. The molecule has 0 atom stereocenters. The summed E-state index contributed by atoms with van der Waals surface area (Å²) >= 11 is 5.97. The van der Waals surface area contributed by atoms with Crippen molar-refractivity contribution in [2.45, 2.75) is 6.54 Å². The van der Waals surface area contributed by atoms with E-state index in [-0.39, 0.29) is 0 Å². The van der Waals surface area contributed by atoms with Crippen LogP contribution in [0.5, 0.6) is 5.75 Å². The lowest BCUT2D eigenvalue weighted by Gasteiger charge is -2.22. The zero-order chi connectivity index (χ0) is 13.9. The number of para-hydroxylation sites is 1. The molecule has 1 aliphatic heterocycles. The van der Waals surface area contributed by atoms with Gasteiger partial charge in [0.25, 0.3) is 0 Å². The molecule has 1 aliphatic rings. The number of hydrogen-bond acceptors (Lipinski definition) is 2. The van der Waals surface area contributed by atoms with E-state index >= 15 is 0 Å². The van der Waals surface area contributed by atoms with Crippen LogP contribution >= 0.6 is 11.6 Å². The van der Waals surface area contributed by atoms with Crippen molar-refractivity contribution >= 4 is 23.8 Å². The molecule has 0 unspecified atom stereocenters. The number of halogens is 1. The largest absolute Gasteiger partial charge is 0.419 e. The molecule has 0 spiro atoms. The third-order valence-corrected chi connectivity index (χ3v) is 3.41. The van der Waals surface area contributed by atoms with Gasteiger partial charge < -0.3 is 4.74 Å². The third kappa shape index (κ3) is 2.53. The third-order valence-electron chi connectivity index (χ3n) is 3.10. The van der Waals surface area contributed by atoms with Crippen LogP contribution in [0.4, 0.5) is 4.79 Å². The van der Waals surface area contributed by atoms with Gasteiger partial charge in [-0.25, -0.2) is 4.79 Å². The average molecular weight is 286 g/mol. The zero-order valence-corrected chi connectivity index (χ0v) is 11.4. The fourth-order valence-corrected chi connectivity index (χ4v) is 2.23. The minimum absolute atomic E-state index is 0.367. The molecular weight excluding hydrogens is 274 g/mol. The first-order chi connectivity index (χ1) is 9.74. The number of benzene rings is 2. The van der Waals surface area contributed by atoms with Crippen molar-refractivity contribution in [3.63, 3.8) is 0 Å². The lowest BCUT2D eigenvalue weighted by atomic mass is 10.1. The van der Waals surface area contributed by atoms with Crippen molar-refractivity contribution < 1.29 is 9.53 Å². The van der Waals surface area contributed by atoms with Crippen molar-refractivity contribution in [3.05, 3.63) is 70.9 Å². The average Bonchev–Trinajstić information content (AvgIpc) is 2.49. The van der Waals surface area contributed by atoms with Crippen molar-refractivity contribution in [1.82, 2.24) is 4.90 Å². The topological polar surface area (TPSA) is 29.5 Å². The maximum atomic E-state index is 12.1. The smallest absolute Gasteiger partial charge is 0.408 e. The maximum absolute atomic E-state index is 12.1. The van der Waals surface area contributed by atoms with Crippen LogP contribution < -0.4 is 4.74 Å². The summed E-state index contributed by atoms with van der Waals surface area (Å²) in [7, 11) is 0. The van der Waals surface area contributed by atoms with E-state index in [0.717, 1.165) is 11.1 Å². The van der Waals surface area contributed by atoms with Gasteiger partial charge in [0, 0.05) is 6.20 Å². The van der Waals surface area contributed by atoms with E-state index in [9.17, 15) is 4.79 Å². The molecule has 0 fully saturated rings. The van der Waals surface area contributed by atoms with Crippen molar-refractivity contribution in [2.75, 3.05) is 0 Å². The number of rotatable bonds is 1. The standard InChI is InChI=1S/C16H12ClNO2/c17-14-7-3-4-8-15(14)20-16(19)18-10-9-12-5-1-2-6-13(12)11-18/h1-10H,11H2. The first kappa shape index (κ1) is 12.8. The summed E-state index contributed by atoms with van der Waals surface area (Å²) in [5.41, 5.74) is 2.21. The van der Waals surface area contributed by atoms with E-state index in [2.05, 4.69) is 0 Å². The number of carbonyl (C=O) groups is 1. The summed E-state index contributed by atoms with van der Waals surface area (Å²) < 4.78 is 5.30. The van der Waals surface area contributed by atoms with Crippen LogP contribution in [-0.4, -0.2) is 11.0 Å². The Morgan fingerprint density at radius 1 is 1.10 bits per heavy atom. The van der Waals surface area contributed by atoms with Crippen LogP contribution in [-0.2, 0) is 6.54 Å². The molecule has 0 bridgehead atoms. The normalized spacial score (nSPS) is 12.9. The second-order valence-electron chi connectivity index (χ2n) is 4.44. The summed E-state index contributed by atoms with van der Waals surface area (Å²) in [6.07, 6.45) is 3.18. The predicted octanol–water partition coefficient (Wildman–Crippen LogP) is 4.33. The molecule has 3 nitrogen and oxygen atoms in total.